The molecule has 1 aliphatic heterocycles. The van der Waals surface area contributed by atoms with Crippen molar-refractivity contribution in [2.45, 2.75) is 58.6 Å². The lowest BCUT2D eigenvalue weighted by atomic mass is 9.97. The van der Waals surface area contributed by atoms with Crippen LogP contribution in [0.25, 0.3) is 0 Å². The minimum Gasteiger partial charge on any atom is -0.342 e. The van der Waals surface area contributed by atoms with Crippen molar-refractivity contribution in [2.75, 3.05) is 18.8 Å². The van der Waals surface area contributed by atoms with Crippen molar-refractivity contribution in [3.8, 4) is 0 Å². The highest BCUT2D eigenvalue weighted by Crippen LogP contribution is 2.21. The van der Waals surface area contributed by atoms with Crippen LogP contribution in [0.3, 0.4) is 0 Å². The van der Waals surface area contributed by atoms with Gasteiger partial charge in [0, 0.05) is 25.1 Å². The predicted molar refractivity (Wildman–Crippen MR) is 112 cm³/mol. The Labute approximate surface area is 169 Å². The maximum atomic E-state index is 12.6. The standard InChI is InChI=1S/C22H33NO4S/c1-16(2)13-21(24)20-7-5-18(6-8-20)14-22(25)23-11-9-19(10-12-23)15-28(26,27)17(3)4/h5-8,16-17,19H,9-15H2,1-4H3. The Balaban J connectivity index is 1.85. The minimum absolute atomic E-state index is 0.0615. The van der Waals surface area contributed by atoms with Gasteiger partial charge in [0.15, 0.2) is 15.6 Å². The van der Waals surface area contributed by atoms with E-state index >= 15 is 0 Å². The van der Waals surface area contributed by atoms with Gasteiger partial charge in [-0.2, -0.15) is 0 Å². The third-order valence-electron chi connectivity index (χ3n) is 5.38. The highest BCUT2D eigenvalue weighted by atomic mass is 32.2. The molecule has 0 atom stereocenters. The van der Waals surface area contributed by atoms with E-state index in [9.17, 15) is 18.0 Å². The van der Waals surface area contributed by atoms with E-state index in [0.29, 0.717) is 37.4 Å². The summed E-state index contributed by atoms with van der Waals surface area (Å²) in [4.78, 5) is 26.5. The van der Waals surface area contributed by atoms with Gasteiger partial charge in [0.05, 0.1) is 17.4 Å². The van der Waals surface area contributed by atoms with E-state index in [4.69, 9.17) is 0 Å². The number of hydrogen-bond acceptors (Lipinski definition) is 4. The Hall–Kier alpha value is -1.69. The van der Waals surface area contributed by atoms with Crippen LogP contribution in [0.1, 0.15) is 62.9 Å². The van der Waals surface area contributed by atoms with Gasteiger partial charge in [-0.1, -0.05) is 38.1 Å². The minimum atomic E-state index is -3.03. The number of likely N-dealkylation sites (tertiary alicyclic amines) is 1. The molecule has 1 fully saturated rings. The molecule has 5 nitrogen and oxygen atoms in total. The number of carbonyl (C=O) groups excluding carboxylic acids is 2. The van der Waals surface area contributed by atoms with Crippen LogP contribution in [0.5, 0.6) is 0 Å². The summed E-state index contributed by atoms with van der Waals surface area (Å²) in [6, 6.07) is 7.31. The second-order valence-electron chi connectivity index (χ2n) is 8.60. The maximum Gasteiger partial charge on any atom is 0.226 e. The summed E-state index contributed by atoms with van der Waals surface area (Å²) in [5.41, 5.74) is 1.59. The molecule has 6 heteroatoms. The second kappa shape index (κ2) is 9.68. The zero-order valence-electron chi connectivity index (χ0n) is 17.5. The van der Waals surface area contributed by atoms with E-state index in [1.165, 1.54) is 0 Å². The van der Waals surface area contributed by atoms with Gasteiger partial charge in [-0.25, -0.2) is 8.42 Å². The van der Waals surface area contributed by atoms with Gasteiger partial charge in [0.1, 0.15) is 0 Å². The molecule has 1 saturated heterocycles. The number of ketones is 1. The summed E-state index contributed by atoms with van der Waals surface area (Å²) < 4.78 is 24.2. The number of piperidine rings is 1. The molecule has 0 spiro atoms. The van der Waals surface area contributed by atoms with Crippen molar-refractivity contribution in [1.29, 1.82) is 0 Å². The molecule has 0 aliphatic carbocycles. The van der Waals surface area contributed by atoms with E-state index in [-0.39, 0.29) is 28.6 Å². The van der Waals surface area contributed by atoms with Crippen LogP contribution < -0.4 is 0 Å². The fraction of sp³-hybridized carbons (Fsp3) is 0.636. The van der Waals surface area contributed by atoms with Crippen molar-refractivity contribution in [1.82, 2.24) is 4.90 Å². The van der Waals surface area contributed by atoms with E-state index < -0.39 is 9.84 Å². The summed E-state index contributed by atoms with van der Waals surface area (Å²) in [5.74, 6) is 0.881. The third kappa shape index (κ3) is 6.43. The number of carbonyl (C=O) groups is 2. The van der Waals surface area contributed by atoms with Crippen LogP contribution in [0.4, 0.5) is 0 Å². The molecule has 0 bridgehead atoms. The number of benzene rings is 1. The average Bonchev–Trinajstić information content (AvgIpc) is 2.61. The number of hydrogen-bond donors (Lipinski definition) is 0. The first kappa shape index (κ1) is 22.6. The topological polar surface area (TPSA) is 71.5 Å². The smallest absolute Gasteiger partial charge is 0.226 e. The molecule has 0 N–H and O–H groups in total. The van der Waals surface area contributed by atoms with Crippen LogP contribution >= 0.6 is 0 Å². The number of amides is 1. The SMILES string of the molecule is CC(C)CC(=O)c1ccc(CC(=O)N2CCC(CS(=O)(=O)C(C)C)CC2)cc1. The molecule has 2 rings (SSSR count). The van der Waals surface area contributed by atoms with E-state index in [0.717, 1.165) is 18.4 Å². The zero-order valence-corrected chi connectivity index (χ0v) is 18.3. The quantitative estimate of drug-likeness (QED) is 0.618. The molecule has 1 aromatic rings. The van der Waals surface area contributed by atoms with Gasteiger partial charge in [0.2, 0.25) is 5.91 Å². The van der Waals surface area contributed by atoms with Crippen LogP contribution in [0.2, 0.25) is 0 Å². The van der Waals surface area contributed by atoms with Crippen LogP contribution in [0.15, 0.2) is 24.3 Å². The summed E-state index contributed by atoms with van der Waals surface area (Å²) in [7, 11) is -3.03. The molecule has 28 heavy (non-hydrogen) atoms. The Morgan fingerprint density at radius 2 is 1.61 bits per heavy atom. The second-order valence-corrected chi connectivity index (χ2v) is 11.2. The van der Waals surface area contributed by atoms with Crippen molar-refractivity contribution in [2.24, 2.45) is 11.8 Å². The Morgan fingerprint density at radius 1 is 1.04 bits per heavy atom. The van der Waals surface area contributed by atoms with Gasteiger partial charge in [-0.05, 0) is 44.1 Å². The first-order valence-electron chi connectivity index (χ1n) is 10.2. The fourth-order valence-corrected chi connectivity index (χ4v) is 4.83. The van der Waals surface area contributed by atoms with Crippen LogP contribution in [-0.4, -0.2) is 49.1 Å². The molecule has 1 aliphatic rings. The summed E-state index contributed by atoms with van der Waals surface area (Å²) in [6.07, 6.45) is 2.31. The van der Waals surface area contributed by atoms with Gasteiger partial charge < -0.3 is 4.90 Å². The average molecular weight is 408 g/mol. The Morgan fingerprint density at radius 3 is 2.11 bits per heavy atom. The molecule has 0 aromatic heterocycles. The normalized spacial score (nSPS) is 16.0. The van der Waals surface area contributed by atoms with Crippen molar-refractivity contribution in [3.05, 3.63) is 35.4 Å². The fourth-order valence-electron chi connectivity index (χ4n) is 3.45. The summed E-state index contributed by atoms with van der Waals surface area (Å²) in [5, 5.41) is -0.345. The van der Waals surface area contributed by atoms with Gasteiger partial charge in [-0.15, -0.1) is 0 Å². The predicted octanol–water partition coefficient (Wildman–Crippen LogP) is 3.52. The number of rotatable bonds is 8. The molecular weight excluding hydrogens is 374 g/mol. The molecule has 0 saturated carbocycles. The highest BCUT2D eigenvalue weighted by Gasteiger charge is 2.28. The molecule has 1 amide bonds. The lowest BCUT2D eigenvalue weighted by Gasteiger charge is -2.32. The first-order chi connectivity index (χ1) is 13.1. The van der Waals surface area contributed by atoms with Crippen molar-refractivity contribution >= 4 is 21.5 Å². The van der Waals surface area contributed by atoms with E-state index in [1.54, 1.807) is 26.0 Å². The lowest BCUT2D eigenvalue weighted by molar-refractivity contribution is -0.131. The monoisotopic (exact) mass is 407 g/mol. The van der Waals surface area contributed by atoms with Gasteiger partial charge in [-0.3, -0.25) is 9.59 Å². The number of nitrogens with zero attached hydrogens (tertiary/aromatic N) is 1. The van der Waals surface area contributed by atoms with Crippen molar-refractivity contribution in [3.63, 3.8) is 0 Å². The zero-order chi connectivity index (χ0) is 20.9. The Kier molecular flexibility index (Phi) is 7.81. The highest BCUT2D eigenvalue weighted by molar-refractivity contribution is 7.91. The largest absolute Gasteiger partial charge is 0.342 e. The maximum absolute atomic E-state index is 12.6. The van der Waals surface area contributed by atoms with Gasteiger partial charge in [0.25, 0.3) is 0 Å². The number of Topliss-reactive ketones (excluding diaryl/α,β-unsaturated/α-hetero) is 1. The van der Waals surface area contributed by atoms with Crippen molar-refractivity contribution < 1.29 is 18.0 Å². The van der Waals surface area contributed by atoms with E-state index in [1.807, 2.05) is 30.9 Å². The first-order valence-corrected chi connectivity index (χ1v) is 11.9. The molecule has 1 heterocycles. The number of sulfone groups is 1. The molecule has 156 valence electrons. The van der Waals surface area contributed by atoms with Gasteiger partial charge >= 0.3 is 0 Å². The van der Waals surface area contributed by atoms with E-state index in [2.05, 4.69) is 0 Å². The summed E-state index contributed by atoms with van der Waals surface area (Å²) >= 11 is 0. The molecule has 0 unspecified atom stereocenters. The third-order valence-corrected chi connectivity index (χ3v) is 7.75. The lowest BCUT2D eigenvalue weighted by Crippen LogP contribution is -2.41. The van der Waals surface area contributed by atoms with Crippen LogP contribution in [-0.2, 0) is 21.1 Å². The Bertz CT molecular complexity index is 773. The molecular formula is C22H33NO4S. The molecule has 1 aromatic carbocycles. The van der Waals surface area contributed by atoms with Crippen LogP contribution in [0, 0.1) is 11.8 Å². The molecule has 0 radical (unpaired) electrons. The summed E-state index contributed by atoms with van der Waals surface area (Å²) in [6.45, 7) is 8.70.